The van der Waals surface area contributed by atoms with E-state index in [1.807, 2.05) is 19.1 Å². The number of nitrogens with one attached hydrogen (secondary N) is 1. The molecule has 1 N–H and O–H groups in total. The zero-order valence-electron chi connectivity index (χ0n) is 14.1. The summed E-state index contributed by atoms with van der Waals surface area (Å²) in [5.74, 6) is -0.519. The maximum Gasteiger partial charge on any atom is 0.338 e. The molecule has 2 aromatic rings. The van der Waals surface area contributed by atoms with Crippen molar-refractivity contribution < 1.29 is 23.8 Å². The summed E-state index contributed by atoms with van der Waals surface area (Å²) in [5, 5.41) is 2.85. The first-order valence-electron chi connectivity index (χ1n) is 7.39. The molecule has 0 spiro atoms. The molecule has 1 amide bonds. The van der Waals surface area contributed by atoms with Gasteiger partial charge >= 0.3 is 5.97 Å². The molecular formula is C18H18ClNO5. The molecule has 0 aliphatic carbocycles. The minimum Gasteiger partial charge on any atom is -0.493 e. The van der Waals surface area contributed by atoms with Gasteiger partial charge in [-0.05, 0) is 31.2 Å². The molecule has 0 atom stereocenters. The number of anilines is 1. The van der Waals surface area contributed by atoms with Gasteiger partial charge in [0.2, 0.25) is 0 Å². The number of benzene rings is 2. The number of ether oxygens (including phenoxy) is 3. The number of aryl methyl sites for hydroxylation is 1. The summed E-state index contributed by atoms with van der Waals surface area (Å²) >= 11 is 6.05. The van der Waals surface area contributed by atoms with E-state index in [9.17, 15) is 9.59 Å². The first kappa shape index (κ1) is 18.6. The molecule has 132 valence electrons. The van der Waals surface area contributed by atoms with Gasteiger partial charge in [-0.1, -0.05) is 29.3 Å². The highest BCUT2D eigenvalue weighted by Gasteiger charge is 2.17. The van der Waals surface area contributed by atoms with E-state index in [2.05, 4.69) is 5.32 Å². The highest BCUT2D eigenvalue weighted by atomic mass is 35.5. The van der Waals surface area contributed by atoms with Crippen LogP contribution in [0.3, 0.4) is 0 Å². The van der Waals surface area contributed by atoms with Crippen molar-refractivity contribution in [3.8, 4) is 11.5 Å². The fourth-order valence-electron chi connectivity index (χ4n) is 2.08. The maximum atomic E-state index is 12.1. The van der Waals surface area contributed by atoms with Crippen LogP contribution in [-0.4, -0.2) is 32.7 Å². The van der Waals surface area contributed by atoms with Crippen molar-refractivity contribution in [2.24, 2.45) is 0 Å². The zero-order chi connectivity index (χ0) is 18.4. The monoisotopic (exact) mass is 363 g/mol. The van der Waals surface area contributed by atoms with Crippen LogP contribution in [0.5, 0.6) is 11.5 Å². The van der Waals surface area contributed by atoms with Crippen LogP contribution >= 0.6 is 11.6 Å². The first-order valence-corrected chi connectivity index (χ1v) is 7.77. The molecule has 2 rings (SSSR count). The van der Waals surface area contributed by atoms with Crippen molar-refractivity contribution in [2.45, 2.75) is 6.92 Å². The number of amides is 1. The van der Waals surface area contributed by atoms with Crippen molar-refractivity contribution >= 4 is 29.2 Å². The summed E-state index contributed by atoms with van der Waals surface area (Å²) in [6, 6.07) is 10.1. The molecule has 0 saturated heterocycles. The lowest BCUT2D eigenvalue weighted by atomic mass is 10.2. The summed E-state index contributed by atoms with van der Waals surface area (Å²) < 4.78 is 15.2. The molecule has 2 aromatic carbocycles. The molecule has 0 radical (unpaired) electrons. The van der Waals surface area contributed by atoms with E-state index in [4.69, 9.17) is 25.8 Å². The minimum absolute atomic E-state index is 0.158. The Bertz CT molecular complexity index is 774. The standard InChI is InChI=1S/C18H18ClNO5/c1-11-4-6-13(7-5-11)20-16(21)10-25-18(22)12-8-14(19)17(24-3)15(9-12)23-2/h4-9H,10H2,1-3H3,(H,20,21). The third-order valence-electron chi connectivity index (χ3n) is 3.34. The number of rotatable bonds is 6. The average Bonchev–Trinajstić information content (AvgIpc) is 2.60. The Morgan fingerprint density at radius 1 is 1.08 bits per heavy atom. The summed E-state index contributed by atoms with van der Waals surface area (Å²) in [7, 11) is 2.87. The number of methoxy groups -OCH3 is 2. The molecule has 0 aliphatic rings. The van der Waals surface area contributed by atoms with Gasteiger partial charge in [0.05, 0.1) is 24.8 Å². The van der Waals surface area contributed by atoms with Gasteiger partial charge in [-0.2, -0.15) is 0 Å². The molecule has 0 saturated carbocycles. The van der Waals surface area contributed by atoms with Gasteiger partial charge in [-0.15, -0.1) is 0 Å². The Morgan fingerprint density at radius 3 is 2.36 bits per heavy atom. The summed E-state index contributed by atoms with van der Waals surface area (Å²) in [4.78, 5) is 24.0. The van der Waals surface area contributed by atoms with Crippen LogP contribution in [-0.2, 0) is 9.53 Å². The molecule has 0 heterocycles. The van der Waals surface area contributed by atoms with Crippen LogP contribution < -0.4 is 14.8 Å². The Labute approximate surface area is 150 Å². The number of carbonyl (C=O) groups excluding carboxylic acids is 2. The van der Waals surface area contributed by atoms with Crippen molar-refractivity contribution in [3.05, 3.63) is 52.5 Å². The van der Waals surface area contributed by atoms with Gasteiger partial charge < -0.3 is 19.5 Å². The second-order valence-electron chi connectivity index (χ2n) is 5.18. The number of halogens is 1. The molecule has 0 bridgehead atoms. The fraction of sp³-hybridized carbons (Fsp3) is 0.222. The quantitative estimate of drug-likeness (QED) is 0.795. The molecule has 6 nitrogen and oxygen atoms in total. The van der Waals surface area contributed by atoms with Crippen LogP contribution in [0.15, 0.2) is 36.4 Å². The molecular weight excluding hydrogens is 346 g/mol. The van der Waals surface area contributed by atoms with E-state index >= 15 is 0 Å². The van der Waals surface area contributed by atoms with Crippen LogP contribution in [0.1, 0.15) is 15.9 Å². The lowest BCUT2D eigenvalue weighted by Crippen LogP contribution is -2.21. The van der Waals surface area contributed by atoms with E-state index in [1.54, 1.807) is 12.1 Å². The summed E-state index contributed by atoms with van der Waals surface area (Å²) in [6.45, 7) is 1.53. The van der Waals surface area contributed by atoms with Gasteiger partial charge in [0.1, 0.15) is 0 Å². The van der Waals surface area contributed by atoms with Crippen LogP contribution in [0.2, 0.25) is 5.02 Å². The van der Waals surface area contributed by atoms with E-state index in [-0.39, 0.29) is 10.6 Å². The molecule has 25 heavy (non-hydrogen) atoms. The molecule has 0 unspecified atom stereocenters. The SMILES string of the molecule is COc1cc(C(=O)OCC(=O)Nc2ccc(C)cc2)cc(Cl)c1OC. The number of hydrogen-bond acceptors (Lipinski definition) is 5. The first-order chi connectivity index (χ1) is 11.9. The van der Waals surface area contributed by atoms with Gasteiger partial charge in [-0.25, -0.2) is 4.79 Å². The third-order valence-corrected chi connectivity index (χ3v) is 3.62. The summed E-state index contributed by atoms with van der Waals surface area (Å²) in [6.07, 6.45) is 0. The van der Waals surface area contributed by atoms with Gasteiger partial charge in [0.15, 0.2) is 18.1 Å². The van der Waals surface area contributed by atoms with E-state index in [1.165, 1.54) is 26.4 Å². The molecule has 7 heteroatoms. The second-order valence-corrected chi connectivity index (χ2v) is 5.59. The highest BCUT2D eigenvalue weighted by Crippen LogP contribution is 2.36. The minimum atomic E-state index is -0.693. The second kappa shape index (κ2) is 8.39. The average molecular weight is 364 g/mol. The molecule has 0 aliphatic heterocycles. The maximum absolute atomic E-state index is 12.1. The van der Waals surface area contributed by atoms with Crippen LogP contribution in [0.25, 0.3) is 0 Å². The predicted octanol–water partition coefficient (Wildman–Crippen LogP) is 3.46. The smallest absolute Gasteiger partial charge is 0.338 e. The highest BCUT2D eigenvalue weighted by molar-refractivity contribution is 6.32. The van der Waals surface area contributed by atoms with Crippen molar-refractivity contribution in [3.63, 3.8) is 0 Å². The largest absolute Gasteiger partial charge is 0.493 e. The Kier molecular flexibility index (Phi) is 6.25. The van der Waals surface area contributed by atoms with Crippen molar-refractivity contribution in [1.29, 1.82) is 0 Å². The predicted molar refractivity (Wildman–Crippen MR) is 94.6 cm³/mol. The fourth-order valence-corrected chi connectivity index (χ4v) is 2.37. The van der Waals surface area contributed by atoms with Crippen molar-refractivity contribution in [2.75, 3.05) is 26.1 Å². The third kappa shape index (κ3) is 4.87. The van der Waals surface area contributed by atoms with E-state index in [0.717, 1.165) is 5.56 Å². The topological polar surface area (TPSA) is 73.9 Å². The Morgan fingerprint density at radius 2 is 1.76 bits per heavy atom. The van der Waals surface area contributed by atoms with Gasteiger partial charge in [-0.3, -0.25) is 4.79 Å². The van der Waals surface area contributed by atoms with E-state index < -0.39 is 18.5 Å². The Balaban J connectivity index is 1.99. The van der Waals surface area contributed by atoms with E-state index in [0.29, 0.717) is 17.2 Å². The summed E-state index contributed by atoms with van der Waals surface area (Å²) in [5.41, 5.74) is 1.86. The molecule has 0 fully saturated rings. The molecule has 0 aromatic heterocycles. The lowest BCUT2D eigenvalue weighted by Gasteiger charge is -2.11. The number of hydrogen-bond donors (Lipinski definition) is 1. The van der Waals surface area contributed by atoms with Gasteiger partial charge in [0.25, 0.3) is 5.91 Å². The lowest BCUT2D eigenvalue weighted by molar-refractivity contribution is -0.119. The van der Waals surface area contributed by atoms with Crippen molar-refractivity contribution in [1.82, 2.24) is 0 Å². The van der Waals surface area contributed by atoms with Crippen LogP contribution in [0, 0.1) is 6.92 Å². The number of esters is 1. The zero-order valence-corrected chi connectivity index (χ0v) is 14.8. The normalized spacial score (nSPS) is 10.1. The van der Waals surface area contributed by atoms with Crippen LogP contribution in [0.4, 0.5) is 5.69 Å². The Hall–Kier alpha value is -2.73. The van der Waals surface area contributed by atoms with Gasteiger partial charge in [0, 0.05) is 5.69 Å². The number of carbonyl (C=O) groups is 2.